The summed E-state index contributed by atoms with van der Waals surface area (Å²) < 4.78 is 0. The van der Waals surface area contributed by atoms with Crippen molar-refractivity contribution in [3.63, 3.8) is 0 Å². The Morgan fingerprint density at radius 3 is 2.21 bits per heavy atom. The second-order valence-electron chi connectivity index (χ2n) is 6.17. The SMILES string of the molecule is CC(C)CC(C)C1CCC(C)CC1C. The van der Waals surface area contributed by atoms with Gasteiger partial charge in [-0.2, -0.15) is 0 Å². The van der Waals surface area contributed by atoms with E-state index in [0.717, 1.165) is 29.6 Å². The molecule has 0 N–H and O–H groups in total. The Morgan fingerprint density at radius 2 is 1.71 bits per heavy atom. The summed E-state index contributed by atoms with van der Waals surface area (Å²) in [7, 11) is 0. The highest BCUT2D eigenvalue weighted by Crippen LogP contribution is 2.39. The van der Waals surface area contributed by atoms with Crippen LogP contribution in [-0.4, -0.2) is 0 Å². The summed E-state index contributed by atoms with van der Waals surface area (Å²) in [6.45, 7) is 12.1. The predicted molar refractivity (Wildman–Crippen MR) is 64.3 cm³/mol. The van der Waals surface area contributed by atoms with E-state index in [0.29, 0.717) is 0 Å². The van der Waals surface area contributed by atoms with Crippen LogP contribution in [0.4, 0.5) is 0 Å². The normalized spacial score (nSPS) is 36.0. The molecule has 1 fully saturated rings. The highest BCUT2D eigenvalue weighted by atomic mass is 14.3. The van der Waals surface area contributed by atoms with Gasteiger partial charge in [-0.3, -0.25) is 0 Å². The molecule has 0 heteroatoms. The average Bonchev–Trinajstić information content (AvgIpc) is 2.01. The minimum atomic E-state index is 0.872. The fourth-order valence-corrected chi connectivity index (χ4v) is 3.45. The van der Waals surface area contributed by atoms with Gasteiger partial charge in [0.25, 0.3) is 0 Å². The van der Waals surface area contributed by atoms with Crippen molar-refractivity contribution < 1.29 is 0 Å². The summed E-state index contributed by atoms with van der Waals surface area (Å²) in [6.07, 6.45) is 5.84. The average molecular weight is 196 g/mol. The summed E-state index contributed by atoms with van der Waals surface area (Å²) in [5.74, 6) is 4.77. The Bertz CT molecular complexity index is 159. The third-order valence-electron chi connectivity index (χ3n) is 4.07. The largest absolute Gasteiger partial charge is 0.0628 e. The van der Waals surface area contributed by atoms with Gasteiger partial charge in [-0.05, 0) is 48.9 Å². The van der Waals surface area contributed by atoms with E-state index in [1.807, 2.05) is 0 Å². The monoisotopic (exact) mass is 196 g/mol. The maximum atomic E-state index is 2.47. The first-order chi connectivity index (χ1) is 6.50. The first-order valence-corrected chi connectivity index (χ1v) is 6.50. The highest BCUT2D eigenvalue weighted by Gasteiger charge is 2.29. The van der Waals surface area contributed by atoms with Crippen LogP contribution >= 0.6 is 0 Å². The molecule has 0 nitrogen and oxygen atoms in total. The molecule has 0 amide bonds. The molecule has 0 spiro atoms. The molecule has 14 heavy (non-hydrogen) atoms. The first kappa shape index (κ1) is 12.1. The third-order valence-corrected chi connectivity index (χ3v) is 4.07. The van der Waals surface area contributed by atoms with Crippen LogP contribution in [0.3, 0.4) is 0 Å². The van der Waals surface area contributed by atoms with Gasteiger partial charge in [0.1, 0.15) is 0 Å². The molecule has 4 unspecified atom stereocenters. The molecule has 0 bridgehead atoms. The van der Waals surface area contributed by atoms with Crippen molar-refractivity contribution >= 4 is 0 Å². The summed E-state index contributed by atoms with van der Waals surface area (Å²) in [6, 6.07) is 0. The zero-order valence-corrected chi connectivity index (χ0v) is 10.7. The molecule has 84 valence electrons. The zero-order valence-electron chi connectivity index (χ0n) is 10.7. The molecule has 0 aliphatic heterocycles. The second kappa shape index (κ2) is 5.19. The van der Waals surface area contributed by atoms with E-state index in [1.165, 1.54) is 25.7 Å². The lowest BCUT2D eigenvalue weighted by atomic mass is 9.69. The molecule has 0 aromatic carbocycles. The molecule has 1 saturated carbocycles. The fourth-order valence-electron chi connectivity index (χ4n) is 3.45. The fraction of sp³-hybridized carbons (Fsp3) is 1.00. The van der Waals surface area contributed by atoms with Gasteiger partial charge in [0.05, 0.1) is 0 Å². The lowest BCUT2D eigenvalue weighted by Gasteiger charge is -2.37. The van der Waals surface area contributed by atoms with E-state index in [2.05, 4.69) is 34.6 Å². The minimum absolute atomic E-state index is 0.872. The van der Waals surface area contributed by atoms with E-state index in [1.54, 1.807) is 0 Å². The summed E-state index contributed by atoms with van der Waals surface area (Å²) >= 11 is 0. The molecule has 4 atom stereocenters. The third kappa shape index (κ3) is 3.29. The van der Waals surface area contributed by atoms with E-state index in [-0.39, 0.29) is 0 Å². The molecule has 1 aliphatic carbocycles. The van der Waals surface area contributed by atoms with Gasteiger partial charge in [0, 0.05) is 0 Å². The van der Waals surface area contributed by atoms with Crippen LogP contribution < -0.4 is 0 Å². The van der Waals surface area contributed by atoms with Crippen molar-refractivity contribution in [2.45, 2.75) is 60.3 Å². The molecule has 0 saturated heterocycles. The van der Waals surface area contributed by atoms with Crippen molar-refractivity contribution in [1.82, 2.24) is 0 Å². The summed E-state index contributed by atoms with van der Waals surface area (Å²) in [4.78, 5) is 0. The molecular weight excluding hydrogens is 168 g/mol. The van der Waals surface area contributed by atoms with Gasteiger partial charge in [0.2, 0.25) is 0 Å². The Balaban J connectivity index is 2.43. The van der Waals surface area contributed by atoms with Crippen LogP contribution in [0.5, 0.6) is 0 Å². The Labute approximate surface area is 90.5 Å². The summed E-state index contributed by atoms with van der Waals surface area (Å²) in [5, 5.41) is 0. The standard InChI is InChI=1S/C14H28/c1-10(2)8-12(4)14-7-6-11(3)9-13(14)5/h10-14H,6-9H2,1-5H3. The Morgan fingerprint density at radius 1 is 1.07 bits per heavy atom. The van der Waals surface area contributed by atoms with Gasteiger partial charge in [-0.15, -0.1) is 0 Å². The van der Waals surface area contributed by atoms with E-state index < -0.39 is 0 Å². The van der Waals surface area contributed by atoms with Crippen LogP contribution in [0.25, 0.3) is 0 Å². The van der Waals surface area contributed by atoms with Crippen LogP contribution in [-0.2, 0) is 0 Å². The molecule has 0 aromatic rings. The molecular formula is C14H28. The van der Waals surface area contributed by atoms with Gasteiger partial charge < -0.3 is 0 Å². The Kier molecular flexibility index (Phi) is 4.47. The van der Waals surface area contributed by atoms with E-state index in [4.69, 9.17) is 0 Å². The van der Waals surface area contributed by atoms with Crippen LogP contribution in [0.15, 0.2) is 0 Å². The minimum Gasteiger partial charge on any atom is -0.0628 e. The van der Waals surface area contributed by atoms with E-state index in [9.17, 15) is 0 Å². The van der Waals surface area contributed by atoms with E-state index >= 15 is 0 Å². The number of hydrogen-bond acceptors (Lipinski definition) is 0. The first-order valence-electron chi connectivity index (χ1n) is 6.50. The van der Waals surface area contributed by atoms with Crippen molar-refractivity contribution in [3.05, 3.63) is 0 Å². The zero-order chi connectivity index (χ0) is 10.7. The Hall–Kier alpha value is 0. The molecule has 0 radical (unpaired) electrons. The van der Waals surface area contributed by atoms with Crippen molar-refractivity contribution in [2.24, 2.45) is 29.6 Å². The molecule has 0 aromatic heterocycles. The number of rotatable bonds is 3. The van der Waals surface area contributed by atoms with Gasteiger partial charge in [-0.1, -0.05) is 41.0 Å². The van der Waals surface area contributed by atoms with Gasteiger partial charge in [-0.25, -0.2) is 0 Å². The van der Waals surface area contributed by atoms with Crippen LogP contribution in [0.2, 0.25) is 0 Å². The number of hydrogen-bond donors (Lipinski definition) is 0. The van der Waals surface area contributed by atoms with Crippen molar-refractivity contribution in [3.8, 4) is 0 Å². The topological polar surface area (TPSA) is 0 Å². The molecule has 0 heterocycles. The van der Waals surface area contributed by atoms with Crippen molar-refractivity contribution in [1.29, 1.82) is 0 Å². The summed E-state index contributed by atoms with van der Waals surface area (Å²) in [5.41, 5.74) is 0. The molecule has 1 aliphatic rings. The van der Waals surface area contributed by atoms with Gasteiger partial charge >= 0.3 is 0 Å². The van der Waals surface area contributed by atoms with Crippen LogP contribution in [0.1, 0.15) is 60.3 Å². The van der Waals surface area contributed by atoms with Crippen LogP contribution in [0, 0.1) is 29.6 Å². The maximum absolute atomic E-state index is 2.47. The smallest absolute Gasteiger partial charge is 0.0362 e. The highest BCUT2D eigenvalue weighted by molar-refractivity contribution is 4.79. The maximum Gasteiger partial charge on any atom is -0.0362 e. The van der Waals surface area contributed by atoms with Gasteiger partial charge in [0.15, 0.2) is 0 Å². The quantitative estimate of drug-likeness (QED) is 0.611. The van der Waals surface area contributed by atoms with Crippen molar-refractivity contribution in [2.75, 3.05) is 0 Å². The lowest BCUT2D eigenvalue weighted by molar-refractivity contribution is 0.136. The lowest BCUT2D eigenvalue weighted by Crippen LogP contribution is -2.27. The second-order valence-corrected chi connectivity index (χ2v) is 6.17. The molecule has 1 rings (SSSR count). The predicted octanol–water partition coefficient (Wildman–Crippen LogP) is 4.74.